The van der Waals surface area contributed by atoms with E-state index in [4.69, 9.17) is 5.73 Å². The molecular weight excluding hydrogens is 278 g/mol. The van der Waals surface area contributed by atoms with Crippen molar-refractivity contribution in [3.63, 3.8) is 0 Å². The van der Waals surface area contributed by atoms with E-state index in [1.165, 1.54) is 0 Å². The van der Waals surface area contributed by atoms with Crippen LogP contribution in [0.3, 0.4) is 0 Å². The van der Waals surface area contributed by atoms with Crippen molar-refractivity contribution in [2.45, 2.75) is 45.6 Å². The lowest BCUT2D eigenvalue weighted by Gasteiger charge is -2.16. The van der Waals surface area contributed by atoms with Gasteiger partial charge in [0.1, 0.15) is 0 Å². The van der Waals surface area contributed by atoms with E-state index in [9.17, 15) is 9.59 Å². The Morgan fingerprint density at radius 3 is 2.68 bits per heavy atom. The zero-order valence-corrected chi connectivity index (χ0v) is 13.3. The summed E-state index contributed by atoms with van der Waals surface area (Å²) < 4.78 is 0. The topological polar surface area (TPSA) is 84.2 Å². The van der Waals surface area contributed by atoms with Crippen LogP contribution in [0.2, 0.25) is 0 Å². The highest BCUT2D eigenvalue weighted by Gasteiger charge is 2.26. The number of carbonyl (C=O) groups is 2. The molecule has 0 unspecified atom stereocenters. The highest BCUT2D eigenvalue weighted by atomic mass is 16.2. The fourth-order valence-corrected chi connectivity index (χ4v) is 2.97. The second kappa shape index (κ2) is 7.40. The summed E-state index contributed by atoms with van der Waals surface area (Å²) >= 11 is 0. The Morgan fingerprint density at radius 1 is 1.32 bits per heavy atom. The van der Waals surface area contributed by atoms with Gasteiger partial charge in [0.2, 0.25) is 5.91 Å². The average molecular weight is 303 g/mol. The first kappa shape index (κ1) is 16.5. The van der Waals surface area contributed by atoms with Crippen LogP contribution < -0.4 is 16.4 Å². The lowest BCUT2D eigenvalue weighted by atomic mass is 9.99. The van der Waals surface area contributed by atoms with Gasteiger partial charge in [-0.15, -0.1) is 0 Å². The molecule has 1 aliphatic carbocycles. The molecule has 5 nitrogen and oxygen atoms in total. The Bertz CT molecular complexity index is 557. The minimum atomic E-state index is -0.0968. The molecule has 0 saturated heterocycles. The standard InChI is InChI=1S/C17H25N3O2/c1-3-19-17(22)13-7-8-15(11(2)9-13)20-16(21)10-12-5-4-6-14(12)18/h7-9,12,14H,3-6,10,18H2,1-2H3,(H,19,22)(H,20,21)/t12-,14+/m0/s1. The predicted octanol–water partition coefficient (Wildman–Crippen LogP) is 2.20. The van der Waals surface area contributed by atoms with Gasteiger partial charge in [0.25, 0.3) is 5.91 Å². The fourth-order valence-electron chi connectivity index (χ4n) is 2.97. The molecule has 1 saturated carbocycles. The molecule has 0 spiro atoms. The molecule has 0 heterocycles. The molecule has 2 rings (SSSR count). The number of nitrogens with two attached hydrogens (primary N) is 1. The van der Waals surface area contributed by atoms with Crippen LogP contribution in [0.1, 0.15) is 48.5 Å². The van der Waals surface area contributed by atoms with Crippen LogP contribution in [0, 0.1) is 12.8 Å². The third-order valence-electron chi connectivity index (χ3n) is 4.27. The Labute approximate surface area is 131 Å². The number of hydrogen-bond donors (Lipinski definition) is 3. The number of rotatable bonds is 5. The molecule has 1 fully saturated rings. The van der Waals surface area contributed by atoms with E-state index in [0.29, 0.717) is 18.5 Å². The first-order chi connectivity index (χ1) is 10.5. The lowest BCUT2D eigenvalue weighted by molar-refractivity contribution is -0.117. The van der Waals surface area contributed by atoms with E-state index < -0.39 is 0 Å². The average Bonchev–Trinajstić information content (AvgIpc) is 2.86. The summed E-state index contributed by atoms with van der Waals surface area (Å²) in [6.45, 7) is 4.37. The molecule has 5 heteroatoms. The van der Waals surface area contributed by atoms with Crippen molar-refractivity contribution < 1.29 is 9.59 Å². The third-order valence-corrected chi connectivity index (χ3v) is 4.27. The molecular formula is C17H25N3O2. The maximum Gasteiger partial charge on any atom is 0.251 e. The summed E-state index contributed by atoms with van der Waals surface area (Å²) in [6, 6.07) is 5.45. The van der Waals surface area contributed by atoms with Gasteiger partial charge < -0.3 is 16.4 Å². The van der Waals surface area contributed by atoms with E-state index in [1.54, 1.807) is 18.2 Å². The number of hydrogen-bond acceptors (Lipinski definition) is 3. The molecule has 2 amide bonds. The normalized spacial score (nSPS) is 20.7. The molecule has 0 aromatic heterocycles. The molecule has 22 heavy (non-hydrogen) atoms. The van der Waals surface area contributed by atoms with Crippen LogP contribution in [-0.4, -0.2) is 24.4 Å². The van der Waals surface area contributed by atoms with Crippen molar-refractivity contribution in [3.8, 4) is 0 Å². The van der Waals surface area contributed by atoms with E-state index in [2.05, 4.69) is 10.6 Å². The second-order valence-electron chi connectivity index (χ2n) is 6.00. The Balaban J connectivity index is 1.97. The van der Waals surface area contributed by atoms with Crippen LogP contribution in [0.25, 0.3) is 0 Å². The van der Waals surface area contributed by atoms with Crippen molar-refractivity contribution >= 4 is 17.5 Å². The number of carbonyl (C=O) groups excluding carboxylic acids is 2. The minimum Gasteiger partial charge on any atom is -0.352 e. The minimum absolute atomic E-state index is 0.00351. The maximum atomic E-state index is 12.1. The van der Waals surface area contributed by atoms with Gasteiger partial charge in [-0.2, -0.15) is 0 Å². The summed E-state index contributed by atoms with van der Waals surface area (Å²) in [5.74, 6) is 0.187. The molecule has 1 aliphatic rings. The van der Waals surface area contributed by atoms with Gasteiger partial charge in [0.05, 0.1) is 0 Å². The number of nitrogens with one attached hydrogen (secondary N) is 2. The Morgan fingerprint density at radius 2 is 2.09 bits per heavy atom. The van der Waals surface area contributed by atoms with Gasteiger partial charge >= 0.3 is 0 Å². The zero-order chi connectivity index (χ0) is 16.1. The molecule has 0 aliphatic heterocycles. The second-order valence-corrected chi connectivity index (χ2v) is 6.00. The largest absolute Gasteiger partial charge is 0.352 e. The van der Waals surface area contributed by atoms with E-state index in [1.807, 2.05) is 13.8 Å². The molecule has 0 bridgehead atoms. The monoisotopic (exact) mass is 303 g/mol. The summed E-state index contributed by atoms with van der Waals surface area (Å²) in [7, 11) is 0. The van der Waals surface area contributed by atoms with Crippen molar-refractivity contribution in [1.82, 2.24) is 5.32 Å². The molecule has 0 radical (unpaired) electrons. The summed E-state index contributed by atoms with van der Waals surface area (Å²) in [5.41, 5.74) is 8.25. The molecule has 120 valence electrons. The van der Waals surface area contributed by atoms with Gasteiger partial charge in [-0.3, -0.25) is 9.59 Å². The van der Waals surface area contributed by atoms with Gasteiger partial charge in [-0.25, -0.2) is 0 Å². The Hall–Kier alpha value is -1.88. The highest BCUT2D eigenvalue weighted by Crippen LogP contribution is 2.27. The quantitative estimate of drug-likeness (QED) is 0.779. The van der Waals surface area contributed by atoms with Crippen LogP contribution in [-0.2, 0) is 4.79 Å². The van der Waals surface area contributed by atoms with E-state index in [-0.39, 0.29) is 23.8 Å². The number of benzene rings is 1. The van der Waals surface area contributed by atoms with Crippen molar-refractivity contribution in [2.24, 2.45) is 11.7 Å². The fraction of sp³-hybridized carbons (Fsp3) is 0.529. The van der Waals surface area contributed by atoms with Gasteiger partial charge in [0, 0.05) is 30.3 Å². The number of anilines is 1. The first-order valence-corrected chi connectivity index (χ1v) is 7.95. The van der Waals surface area contributed by atoms with Gasteiger partial charge in [-0.05, 0) is 56.4 Å². The summed E-state index contributed by atoms with van der Waals surface area (Å²) in [5, 5.41) is 5.69. The summed E-state index contributed by atoms with van der Waals surface area (Å²) in [6.07, 6.45) is 3.62. The highest BCUT2D eigenvalue weighted by molar-refractivity contribution is 5.96. The summed E-state index contributed by atoms with van der Waals surface area (Å²) in [4.78, 5) is 23.9. The number of aryl methyl sites for hydroxylation is 1. The van der Waals surface area contributed by atoms with Gasteiger partial charge in [0.15, 0.2) is 0 Å². The lowest BCUT2D eigenvalue weighted by Crippen LogP contribution is -2.28. The maximum absolute atomic E-state index is 12.1. The van der Waals surface area contributed by atoms with E-state index >= 15 is 0 Å². The number of amides is 2. The first-order valence-electron chi connectivity index (χ1n) is 7.95. The predicted molar refractivity (Wildman–Crippen MR) is 87.7 cm³/mol. The third kappa shape index (κ3) is 4.07. The molecule has 1 aromatic rings. The smallest absolute Gasteiger partial charge is 0.251 e. The molecule has 1 aromatic carbocycles. The van der Waals surface area contributed by atoms with Crippen molar-refractivity contribution in [1.29, 1.82) is 0 Å². The van der Waals surface area contributed by atoms with Crippen LogP contribution in [0.5, 0.6) is 0 Å². The Kier molecular flexibility index (Phi) is 5.55. The van der Waals surface area contributed by atoms with Crippen LogP contribution in [0.15, 0.2) is 18.2 Å². The van der Waals surface area contributed by atoms with Crippen molar-refractivity contribution in [2.75, 3.05) is 11.9 Å². The van der Waals surface area contributed by atoms with Gasteiger partial charge in [-0.1, -0.05) is 6.42 Å². The van der Waals surface area contributed by atoms with E-state index in [0.717, 1.165) is 30.5 Å². The van der Waals surface area contributed by atoms with Crippen LogP contribution in [0.4, 0.5) is 5.69 Å². The molecule has 2 atom stereocenters. The SMILES string of the molecule is CCNC(=O)c1ccc(NC(=O)C[C@@H]2CCC[C@H]2N)c(C)c1. The van der Waals surface area contributed by atoms with Crippen molar-refractivity contribution in [3.05, 3.63) is 29.3 Å². The molecule has 4 N–H and O–H groups in total. The zero-order valence-electron chi connectivity index (χ0n) is 13.3. The van der Waals surface area contributed by atoms with Crippen LogP contribution >= 0.6 is 0 Å².